The van der Waals surface area contributed by atoms with Crippen LogP contribution in [0, 0.1) is 0 Å². The van der Waals surface area contributed by atoms with E-state index in [-0.39, 0.29) is 6.42 Å². The monoisotopic (exact) mass is 210 g/mol. The Balaban J connectivity index is 2.70. The van der Waals surface area contributed by atoms with Gasteiger partial charge in [0.25, 0.3) is 0 Å². The molecule has 0 spiro atoms. The molecule has 15 heavy (non-hydrogen) atoms. The molecule has 3 nitrogen and oxygen atoms in total. The number of rotatable bonds is 4. The maximum Gasteiger partial charge on any atom is 0.195 e. The van der Waals surface area contributed by atoms with Gasteiger partial charge >= 0.3 is 0 Å². The summed E-state index contributed by atoms with van der Waals surface area (Å²) < 4.78 is 0. The number of hydrogen-bond donors (Lipinski definition) is 2. The number of hydrogen-bond acceptors (Lipinski definition) is 3. The number of carbonyl (C=O) groups excluding carboxylic acids is 1. The van der Waals surface area contributed by atoms with Crippen molar-refractivity contribution in [2.45, 2.75) is 44.8 Å². The number of ketones is 1. The Morgan fingerprint density at radius 3 is 2.40 bits per heavy atom. The van der Waals surface area contributed by atoms with E-state index in [4.69, 9.17) is 0 Å². The topological polar surface area (TPSA) is 57.5 Å². The van der Waals surface area contributed by atoms with Crippen LogP contribution in [0.1, 0.15) is 33.6 Å². The van der Waals surface area contributed by atoms with Gasteiger partial charge in [0.15, 0.2) is 5.78 Å². The molecule has 0 radical (unpaired) electrons. The minimum absolute atomic E-state index is 0.281. The van der Waals surface area contributed by atoms with E-state index in [2.05, 4.69) is 0 Å². The molecule has 2 N–H and O–H groups in total. The van der Waals surface area contributed by atoms with Crippen molar-refractivity contribution < 1.29 is 15.0 Å². The van der Waals surface area contributed by atoms with Crippen LogP contribution in [-0.4, -0.2) is 27.2 Å². The fraction of sp³-hybridized carbons (Fsp3) is 0.583. The van der Waals surface area contributed by atoms with Crippen LogP contribution < -0.4 is 0 Å². The Hall–Kier alpha value is -0.930. The summed E-state index contributed by atoms with van der Waals surface area (Å²) in [5.41, 5.74) is -1.97. The molecule has 84 valence electrons. The molecule has 0 bridgehead atoms. The third-order valence-corrected chi connectivity index (χ3v) is 2.46. The van der Waals surface area contributed by atoms with Crippen molar-refractivity contribution in [3.05, 3.63) is 23.8 Å². The molecule has 0 aliphatic heterocycles. The van der Waals surface area contributed by atoms with Crippen molar-refractivity contribution in [3.63, 3.8) is 0 Å². The Bertz CT molecular complexity index is 316. The van der Waals surface area contributed by atoms with Crippen LogP contribution in [0.25, 0.3) is 0 Å². The molecule has 0 heterocycles. The van der Waals surface area contributed by atoms with Crippen LogP contribution >= 0.6 is 0 Å². The molecule has 3 heteroatoms. The van der Waals surface area contributed by atoms with Gasteiger partial charge in [-0.15, -0.1) is 0 Å². The van der Waals surface area contributed by atoms with E-state index in [9.17, 15) is 15.0 Å². The summed E-state index contributed by atoms with van der Waals surface area (Å²) in [5.74, 6) is -0.539. The lowest BCUT2D eigenvalue weighted by Gasteiger charge is -2.28. The summed E-state index contributed by atoms with van der Waals surface area (Å²) in [6.45, 7) is 4.24. The summed E-state index contributed by atoms with van der Waals surface area (Å²) in [4.78, 5) is 11.7. The number of allylic oxidation sites excluding steroid dienone is 3. The van der Waals surface area contributed by atoms with Crippen LogP contribution in [0.15, 0.2) is 23.8 Å². The Morgan fingerprint density at radius 2 is 2.00 bits per heavy atom. The van der Waals surface area contributed by atoms with Gasteiger partial charge in [-0.05, 0) is 27.2 Å². The fourth-order valence-corrected chi connectivity index (χ4v) is 1.80. The maximum absolute atomic E-state index is 11.7. The second-order valence-electron chi connectivity index (χ2n) is 4.80. The van der Waals surface area contributed by atoms with E-state index in [0.717, 1.165) is 12.0 Å². The zero-order valence-corrected chi connectivity index (χ0v) is 9.45. The number of carbonyl (C=O) groups is 1. The van der Waals surface area contributed by atoms with E-state index < -0.39 is 17.0 Å². The van der Waals surface area contributed by atoms with Crippen molar-refractivity contribution in [3.8, 4) is 0 Å². The van der Waals surface area contributed by atoms with Gasteiger partial charge in [0.1, 0.15) is 11.2 Å². The molecule has 0 saturated heterocycles. The third-order valence-electron chi connectivity index (χ3n) is 2.46. The molecule has 1 rings (SSSR count). The Kier molecular flexibility index (Phi) is 3.16. The average Bonchev–Trinajstić information content (AvgIpc) is 2.53. The van der Waals surface area contributed by atoms with Gasteiger partial charge in [0, 0.05) is 6.42 Å². The van der Waals surface area contributed by atoms with E-state index in [1.807, 2.05) is 18.2 Å². The Morgan fingerprint density at radius 1 is 1.40 bits per heavy atom. The van der Waals surface area contributed by atoms with Gasteiger partial charge in [-0.3, -0.25) is 4.79 Å². The maximum atomic E-state index is 11.7. The van der Waals surface area contributed by atoms with Crippen LogP contribution in [-0.2, 0) is 4.79 Å². The molecule has 0 amide bonds. The highest BCUT2D eigenvalue weighted by Gasteiger charge is 2.40. The van der Waals surface area contributed by atoms with Gasteiger partial charge in [0.2, 0.25) is 0 Å². The summed E-state index contributed by atoms with van der Waals surface area (Å²) in [6, 6.07) is 0. The highest BCUT2D eigenvalue weighted by atomic mass is 16.3. The van der Waals surface area contributed by atoms with Crippen molar-refractivity contribution in [2.75, 3.05) is 0 Å². The van der Waals surface area contributed by atoms with Crippen molar-refractivity contribution in [1.29, 1.82) is 0 Å². The van der Waals surface area contributed by atoms with Crippen molar-refractivity contribution in [2.24, 2.45) is 0 Å². The molecule has 0 aromatic carbocycles. The smallest absolute Gasteiger partial charge is 0.195 e. The van der Waals surface area contributed by atoms with E-state index >= 15 is 0 Å². The van der Waals surface area contributed by atoms with Crippen molar-refractivity contribution in [1.82, 2.24) is 0 Å². The number of aliphatic hydroxyl groups is 2. The van der Waals surface area contributed by atoms with Crippen molar-refractivity contribution >= 4 is 5.78 Å². The zero-order chi connectivity index (χ0) is 11.7. The summed E-state index contributed by atoms with van der Waals surface area (Å²) >= 11 is 0. The lowest BCUT2D eigenvalue weighted by molar-refractivity contribution is -0.152. The van der Waals surface area contributed by atoms with Gasteiger partial charge in [-0.2, -0.15) is 0 Å². The van der Waals surface area contributed by atoms with Gasteiger partial charge < -0.3 is 10.2 Å². The zero-order valence-electron chi connectivity index (χ0n) is 9.45. The Labute approximate surface area is 90.1 Å². The van der Waals surface area contributed by atoms with E-state index in [0.29, 0.717) is 0 Å². The van der Waals surface area contributed by atoms with Crippen LogP contribution in [0.3, 0.4) is 0 Å². The first-order valence-corrected chi connectivity index (χ1v) is 5.08. The predicted octanol–water partition coefficient (Wildman–Crippen LogP) is 1.35. The fourth-order valence-electron chi connectivity index (χ4n) is 1.80. The molecule has 0 aromatic heterocycles. The number of Topliss-reactive ketones (excluding diaryl/α,β-unsaturated/α-hetero) is 1. The van der Waals surface area contributed by atoms with Crippen LogP contribution in [0.5, 0.6) is 0 Å². The molecule has 1 aliphatic rings. The summed E-state index contributed by atoms with van der Waals surface area (Å²) in [7, 11) is 0. The van der Waals surface area contributed by atoms with E-state index in [1.165, 1.54) is 20.8 Å². The highest BCUT2D eigenvalue weighted by Crippen LogP contribution is 2.26. The molecule has 0 saturated carbocycles. The average molecular weight is 210 g/mol. The normalized spacial score (nSPS) is 19.9. The minimum atomic E-state index is -1.49. The second kappa shape index (κ2) is 3.91. The first kappa shape index (κ1) is 12.1. The van der Waals surface area contributed by atoms with Gasteiger partial charge in [-0.1, -0.05) is 23.8 Å². The van der Waals surface area contributed by atoms with Gasteiger partial charge in [-0.25, -0.2) is 0 Å². The van der Waals surface area contributed by atoms with E-state index in [1.54, 1.807) is 0 Å². The molecule has 1 atom stereocenters. The van der Waals surface area contributed by atoms with Gasteiger partial charge in [0.05, 0.1) is 0 Å². The molecule has 1 unspecified atom stereocenters. The van der Waals surface area contributed by atoms with Crippen LogP contribution in [0.4, 0.5) is 0 Å². The lowest BCUT2D eigenvalue weighted by Crippen LogP contribution is -2.48. The second-order valence-corrected chi connectivity index (χ2v) is 4.80. The largest absolute Gasteiger partial charge is 0.383 e. The predicted molar refractivity (Wildman–Crippen MR) is 58.4 cm³/mol. The highest BCUT2D eigenvalue weighted by molar-refractivity contribution is 5.93. The lowest BCUT2D eigenvalue weighted by atomic mass is 9.84. The molecular weight excluding hydrogens is 192 g/mol. The summed E-state index contributed by atoms with van der Waals surface area (Å²) in [6.07, 6.45) is 6.82. The first-order valence-electron chi connectivity index (χ1n) is 5.08. The summed E-state index contributed by atoms with van der Waals surface area (Å²) in [5, 5.41) is 19.6. The SMILES string of the molecule is CC(C)(O)C(=O)C(C)(O)CC1=CC=CC1. The van der Waals surface area contributed by atoms with Crippen LogP contribution in [0.2, 0.25) is 0 Å². The minimum Gasteiger partial charge on any atom is -0.383 e. The first-order chi connectivity index (χ1) is 6.73. The molecule has 0 fully saturated rings. The standard InChI is InChI=1S/C12H18O3/c1-11(2,14)10(13)12(3,15)8-9-6-4-5-7-9/h4-6,14-15H,7-8H2,1-3H3. The molecule has 1 aliphatic carbocycles. The molecular formula is C12H18O3. The quantitative estimate of drug-likeness (QED) is 0.736. The molecule has 0 aromatic rings. The third kappa shape index (κ3) is 3.01.